The summed E-state index contributed by atoms with van der Waals surface area (Å²) in [7, 11) is 5.79. The summed E-state index contributed by atoms with van der Waals surface area (Å²) in [6, 6.07) is 8.85. The first kappa shape index (κ1) is 18.1. The van der Waals surface area contributed by atoms with Crippen LogP contribution in [0.1, 0.15) is 11.1 Å². The number of rotatable bonds is 7. The lowest BCUT2D eigenvalue weighted by molar-refractivity contribution is -0.386. The Hall–Kier alpha value is -3.22. The first-order valence-corrected chi connectivity index (χ1v) is 7.35. The van der Waals surface area contributed by atoms with E-state index < -0.39 is 4.92 Å². The molecule has 0 radical (unpaired) electrons. The third-order valence-corrected chi connectivity index (χ3v) is 3.59. The Balaban J connectivity index is 2.54. The van der Waals surface area contributed by atoms with Crippen molar-refractivity contribution in [2.24, 2.45) is 0 Å². The Morgan fingerprint density at radius 2 is 1.52 bits per heavy atom. The van der Waals surface area contributed by atoms with E-state index in [0.29, 0.717) is 11.3 Å². The van der Waals surface area contributed by atoms with E-state index in [1.54, 1.807) is 25.3 Å². The van der Waals surface area contributed by atoms with Crippen LogP contribution in [-0.2, 0) is 0 Å². The summed E-state index contributed by atoms with van der Waals surface area (Å²) in [4.78, 5) is 11.0. The van der Waals surface area contributed by atoms with E-state index in [4.69, 9.17) is 18.9 Å². The highest BCUT2D eigenvalue weighted by Gasteiger charge is 2.27. The second-order valence-electron chi connectivity index (χ2n) is 4.95. The highest BCUT2D eigenvalue weighted by molar-refractivity contribution is 5.80. The molecule has 0 amide bonds. The van der Waals surface area contributed by atoms with Crippen LogP contribution in [0.4, 0.5) is 5.69 Å². The van der Waals surface area contributed by atoms with E-state index in [1.165, 1.54) is 21.3 Å². The van der Waals surface area contributed by atoms with Gasteiger partial charge in [-0.05, 0) is 29.8 Å². The average molecular weight is 345 g/mol. The van der Waals surface area contributed by atoms with Crippen molar-refractivity contribution < 1.29 is 23.9 Å². The zero-order chi connectivity index (χ0) is 18.4. The van der Waals surface area contributed by atoms with E-state index >= 15 is 0 Å². The molecule has 0 aliphatic heterocycles. The molecule has 2 aromatic rings. The first-order chi connectivity index (χ1) is 12.0. The number of hydrogen-bond donors (Lipinski definition) is 0. The van der Waals surface area contributed by atoms with Crippen LogP contribution in [0.2, 0.25) is 0 Å². The minimum atomic E-state index is -0.505. The maximum Gasteiger partial charge on any atom is 0.322 e. The molecule has 0 fully saturated rings. The predicted octanol–water partition coefficient (Wildman–Crippen LogP) is 3.80. The molecule has 7 nitrogen and oxygen atoms in total. The Morgan fingerprint density at radius 3 is 2.00 bits per heavy atom. The minimum absolute atomic E-state index is 0.0150. The van der Waals surface area contributed by atoms with Gasteiger partial charge in [0.05, 0.1) is 38.9 Å². The molecule has 132 valence electrons. The molecule has 0 aliphatic rings. The Morgan fingerprint density at radius 1 is 0.880 bits per heavy atom. The number of benzene rings is 2. The van der Waals surface area contributed by atoms with Gasteiger partial charge in [-0.15, -0.1) is 0 Å². The van der Waals surface area contributed by atoms with Crippen LogP contribution in [-0.4, -0.2) is 33.4 Å². The monoisotopic (exact) mass is 345 g/mol. The topological polar surface area (TPSA) is 80.1 Å². The molecule has 7 heteroatoms. The largest absolute Gasteiger partial charge is 0.497 e. The third kappa shape index (κ3) is 3.82. The number of hydrogen-bond acceptors (Lipinski definition) is 6. The number of nitro benzene ring substituents is 1. The second-order valence-corrected chi connectivity index (χ2v) is 4.95. The fraction of sp³-hybridized carbons (Fsp3) is 0.222. The van der Waals surface area contributed by atoms with Crippen LogP contribution >= 0.6 is 0 Å². The third-order valence-electron chi connectivity index (χ3n) is 3.59. The lowest BCUT2D eigenvalue weighted by Crippen LogP contribution is -2.01. The molecule has 0 saturated heterocycles. The van der Waals surface area contributed by atoms with Gasteiger partial charge < -0.3 is 18.9 Å². The van der Waals surface area contributed by atoms with Crippen LogP contribution in [0, 0.1) is 10.1 Å². The lowest BCUT2D eigenvalue weighted by Gasteiger charge is -2.13. The predicted molar refractivity (Wildman–Crippen MR) is 94.7 cm³/mol. The van der Waals surface area contributed by atoms with E-state index in [1.807, 2.05) is 24.3 Å². The normalized spacial score (nSPS) is 10.6. The molecular weight excluding hydrogens is 326 g/mol. The van der Waals surface area contributed by atoms with Crippen LogP contribution in [0.5, 0.6) is 23.0 Å². The van der Waals surface area contributed by atoms with Crippen molar-refractivity contribution in [2.75, 3.05) is 28.4 Å². The highest BCUT2D eigenvalue weighted by Crippen LogP contribution is 2.46. The summed E-state index contributed by atoms with van der Waals surface area (Å²) >= 11 is 0. The van der Waals surface area contributed by atoms with Gasteiger partial charge in [0.1, 0.15) is 5.75 Å². The molecule has 0 aliphatic carbocycles. The van der Waals surface area contributed by atoms with Gasteiger partial charge in [0.2, 0.25) is 11.5 Å². The van der Waals surface area contributed by atoms with Gasteiger partial charge in [-0.25, -0.2) is 0 Å². The molecule has 2 rings (SSSR count). The summed E-state index contributed by atoms with van der Waals surface area (Å²) < 4.78 is 20.8. The van der Waals surface area contributed by atoms with Crippen molar-refractivity contribution >= 4 is 17.8 Å². The zero-order valence-corrected chi connectivity index (χ0v) is 14.4. The quantitative estimate of drug-likeness (QED) is 0.431. The van der Waals surface area contributed by atoms with Crippen molar-refractivity contribution in [3.05, 3.63) is 51.6 Å². The number of nitrogens with zero attached hydrogens (tertiary/aromatic N) is 1. The van der Waals surface area contributed by atoms with Gasteiger partial charge in [-0.2, -0.15) is 0 Å². The van der Waals surface area contributed by atoms with Gasteiger partial charge >= 0.3 is 5.69 Å². The number of nitro groups is 1. The van der Waals surface area contributed by atoms with Crippen LogP contribution in [0.3, 0.4) is 0 Å². The van der Waals surface area contributed by atoms with Crippen LogP contribution < -0.4 is 18.9 Å². The smallest absolute Gasteiger partial charge is 0.322 e. The van der Waals surface area contributed by atoms with E-state index in [9.17, 15) is 10.1 Å². The van der Waals surface area contributed by atoms with Gasteiger partial charge in [0, 0.05) is 0 Å². The minimum Gasteiger partial charge on any atom is -0.497 e. The Kier molecular flexibility index (Phi) is 5.84. The van der Waals surface area contributed by atoms with Gasteiger partial charge in [-0.3, -0.25) is 10.1 Å². The molecule has 0 spiro atoms. The molecule has 0 aromatic heterocycles. The van der Waals surface area contributed by atoms with Gasteiger partial charge in [0.25, 0.3) is 0 Å². The van der Waals surface area contributed by atoms with Crippen molar-refractivity contribution in [2.45, 2.75) is 0 Å². The summed E-state index contributed by atoms with van der Waals surface area (Å²) in [5, 5.41) is 11.5. The highest BCUT2D eigenvalue weighted by atomic mass is 16.6. The fourth-order valence-corrected chi connectivity index (χ4v) is 2.38. The van der Waals surface area contributed by atoms with Crippen molar-refractivity contribution in [1.82, 2.24) is 0 Å². The molecule has 0 saturated carbocycles. The van der Waals surface area contributed by atoms with Crippen molar-refractivity contribution in [3.63, 3.8) is 0 Å². The molecule has 0 N–H and O–H groups in total. The van der Waals surface area contributed by atoms with E-state index in [-0.39, 0.29) is 17.2 Å². The fourth-order valence-electron chi connectivity index (χ4n) is 2.38. The summed E-state index contributed by atoms with van der Waals surface area (Å²) in [5.74, 6) is 1.27. The summed E-state index contributed by atoms with van der Waals surface area (Å²) in [6.45, 7) is 0. The van der Waals surface area contributed by atoms with Crippen molar-refractivity contribution in [1.29, 1.82) is 0 Å². The van der Waals surface area contributed by atoms with Gasteiger partial charge in [0.15, 0.2) is 5.75 Å². The average Bonchev–Trinajstić information content (AvgIpc) is 2.64. The van der Waals surface area contributed by atoms with Crippen molar-refractivity contribution in [3.8, 4) is 23.0 Å². The first-order valence-electron chi connectivity index (χ1n) is 7.35. The zero-order valence-electron chi connectivity index (χ0n) is 14.4. The lowest BCUT2D eigenvalue weighted by atomic mass is 10.1. The van der Waals surface area contributed by atoms with E-state index in [0.717, 1.165) is 11.3 Å². The number of ether oxygens (including phenoxy) is 4. The summed E-state index contributed by atoms with van der Waals surface area (Å²) in [6.07, 6.45) is 3.39. The molecule has 0 bridgehead atoms. The molecule has 0 unspecified atom stereocenters. The molecule has 0 atom stereocenters. The number of methoxy groups -OCH3 is 4. The molecule has 25 heavy (non-hydrogen) atoms. The Labute approximate surface area is 145 Å². The second kappa shape index (κ2) is 8.05. The molecule has 2 aromatic carbocycles. The van der Waals surface area contributed by atoms with Crippen LogP contribution in [0.15, 0.2) is 30.3 Å². The molecular formula is C18H19NO6. The van der Waals surface area contributed by atoms with E-state index in [2.05, 4.69) is 0 Å². The maximum atomic E-state index is 11.5. The Bertz CT molecular complexity index is 783. The van der Waals surface area contributed by atoms with Crippen LogP contribution in [0.25, 0.3) is 12.2 Å². The summed E-state index contributed by atoms with van der Waals surface area (Å²) in [5.41, 5.74) is 1.02. The SMILES string of the molecule is COc1ccc(/C=C\c2cc(OC)c(OC)c(OC)c2[N+](=O)[O-])cc1. The molecule has 0 heterocycles. The standard InChI is InChI=1S/C18H19NO6/c1-22-14-9-6-12(7-10-14)5-8-13-11-15(23-2)17(24-3)18(25-4)16(13)19(20)21/h5-11H,1-4H3/b8-5-. The maximum absolute atomic E-state index is 11.5. The van der Waals surface area contributed by atoms with Gasteiger partial charge in [-0.1, -0.05) is 18.2 Å².